The van der Waals surface area contributed by atoms with Crippen LogP contribution in [0.25, 0.3) is 0 Å². The molecule has 0 bridgehead atoms. The van der Waals surface area contributed by atoms with Crippen LogP contribution in [0.5, 0.6) is 0 Å². The molecular formula is C9H14N2O3S. The van der Waals surface area contributed by atoms with E-state index in [4.69, 9.17) is 4.74 Å². The molecule has 0 radical (unpaired) electrons. The second-order valence-corrected chi connectivity index (χ2v) is 3.85. The molecule has 2 N–H and O–H groups in total. The van der Waals surface area contributed by atoms with Gasteiger partial charge in [0.15, 0.2) is 0 Å². The minimum absolute atomic E-state index is 0.00771. The summed E-state index contributed by atoms with van der Waals surface area (Å²) in [5, 5.41) is 5.66. The molecule has 0 aromatic rings. The molecule has 1 atom stereocenters. The number of amides is 1. The lowest BCUT2D eigenvalue weighted by Gasteiger charge is -2.22. The molecule has 1 amide bonds. The summed E-state index contributed by atoms with van der Waals surface area (Å²) in [5.41, 5.74) is 0.280. The molecule has 5 nitrogen and oxygen atoms in total. The van der Waals surface area contributed by atoms with Crippen LogP contribution in [0.3, 0.4) is 0 Å². The number of nitrogens with one attached hydrogen (secondary N) is 2. The molecule has 1 heterocycles. The fourth-order valence-corrected chi connectivity index (χ4v) is 1.55. The maximum Gasteiger partial charge on any atom is 0.310 e. The van der Waals surface area contributed by atoms with Crippen molar-refractivity contribution in [2.45, 2.75) is 18.8 Å². The number of rotatable bonds is 4. The first kappa shape index (κ1) is 11.9. The van der Waals surface area contributed by atoms with Gasteiger partial charge in [0, 0.05) is 11.8 Å². The Morgan fingerprint density at radius 1 is 1.67 bits per heavy atom. The van der Waals surface area contributed by atoms with Gasteiger partial charge in [0.05, 0.1) is 13.0 Å². The van der Waals surface area contributed by atoms with E-state index < -0.39 is 0 Å². The minimum atomic E-state index is -0.386. The standard InChI is InChI=1S/C9H14N2O3S/c1-3-14-7(12)4-6-5-10-9(15-2)11-8(6)13/h5,9-10H,3-4H2,1-2H3,(H,11,13). The monoisotopic (exact) mass is 230 g/mol. The normalized spacial score (nSPS) is 20.0. The van der Waals surface area contributed by atoms with Crippen molar-refractivity contribution in [1.82, 2.24) is 10.6 Å². The third-order valence-electron chi connectivity index (χ3n) is 1.84. The lowest BCUT2D eigenvalue weighted by Crippen LogP contribution is -2.46. The van der Waals surface area contributed by atoms with Crippen molar-refractivity contribution < 1.29 is 14.3 Å². The third-order valence-corrected chi connectivity index (χ3v) is 2.56. The van der Waals surface area contributed by atoms with Gasteiger partial charge in [-0.2, -0.15) is 0 Å². The predicted octanol–water partition coefficient (Wildman–Crippen LogP) is 0.190. The van der Waals surface area contributed by atoms with Crippen molar-refractivity contribution >= 4 is 23.6 Å². The maximum absolute atomic E-state index is 11.5. The van der Waals surface area contributed by atoms with Gasteiger partial charge in [0.2, 0.25) is 0 Å². The number of hydrogen-bond acceptors (Lipinski definition) is 5. The average molecular weight is 230 g/mol. The fourth-order valence-electron chi connectivity index (χ4n) is 1.12. The molecule has 1 aliphatic rings. The largest absolute Gasteiger partial charge is 0.466 e. The lowest BCUT2D eigenvalue weighted by molar-refractivity contribution is -0.143. The Hall–Kier alpha value is -1.17. The van der Waals surface area contributed by atoms with Gasteiger partial charge in [0.25, 0.3) is 5.91 Å². The summed E-state index contributed by atoms with van der Waals surface area (Å²) in [6.45, 7) is 2.06. The van der Waals surface area contributed by atoms with Crippen LogP contribution in [0.15, 0.2) is 11.8 Å². The van der Waals surface area contributed by atoms with E-state index in [1.807, 2.05) is 6.26 Å². The summed E-state index contributed by atoms with van der Waals surface area (Å²) < 4.78 is 4.75. The van der Waals surface area contributed by atoms with Crippen molar-refractivity contribution in [3.63, 3.8) is 0 Å². The summed E-state index contributed by atoms with van der Waals surface area (Å²) >= 11 is 1.48. The van der Waals surface area contributed by atoms with Crippen molar-refractivity contribution in [1.29, 1.82) is 0 Å². The summed E-state index contributed by atoms with van der Waals surface area (Å²) in [7, 11) is 0. The molecule has 0 aliphatic carbocycles. The molecule has 84 valence electrons. The summed E-state index contributed by atoms with van der Waals surface area (Å²) in [5.74, 6) is -0.607. The van der Waals surface area contributed by atoms with Gasteiger partial charge in [-0.3, -0.25) is 9.59 Å². The van der Waals surface area contributed by atoms with E-state index in [2.05, 4.69) is 10.6 Å². The molecule has 6 heteroatoms. The Kier molecular flexibility index (Phi) is 4.48. The van der Waals surface area contributed by atoms with Crippen LogP contribution < -0.4 is 10.6 Å². The summed E-state index contributed by atoms with van der Waals surface area (Å²) in [6.07, 6.45) is 3.45. The van der Waals surface area contributed by atoms with E-state index in [1.165, 1.54) is 11.8 Å². The van der Waals surface area contributed by atoms with E-state index in [0.717, 1.165) is 0 Å². The first-order valence-electron chi connectivity index (χ1n) is 4.61. The molecule has 0 fully saturated rings. The van der Waals surface area contributed by atoms with Gasteiger partial charge >= 0.3 is 5.97 Å². The van der Waals surface area contributed by atoms with E-state index >= 15 is 0 Å². The van der Waals surface area contributed by atoms with Crippen LogP contribution >= 0.6 is 11.8 Å². The van der Waals surface area contributed by atoms with Crippen molar-refractivity contribution in [3.8, 4) is 0 Å². The zero-order valence-electron chi connectivity index (χ0n) is 8.70. The Labute approximate surface area is 92.6 Å². The van der Waals surface area contributed by atoms with Crippen LogP contribution in [0.4, 0.5) is 0 Å². The van der Waals surface area contributed by atoms with Crippen molar-refractivity contribution in [3.05, 3.63) is 11.8 Å². The molecule has 1 aliphatic heterocycles. The van der Waals surface area contributed by atoms with Gasteiger partial charge in [-0.25, -0.2) is 0 Å². The quantitative estimate of drug-likeness (QED) is 0.675. The number of ether oxygens (including phenoxy) is 1. The molecule has 0 aromatic heterocycles. The highest BCUT2D eigenvalue weighted by atomic mass is 32.2. The van der Waals surface area contributed by atoms with Crippen molar-refractivity contribution in [2.24, 2.45) is 0 Å². The van der Waals surface area contributed by atoms with Gasteiger partial charge in [-0.1, -0.05) is 0 Å². The van der Waals surface area contributed by atoms with Crippen LogP contribution in [0.1, 0.15) is 13.3 Å². The van der Waals surface area contributed by atoms with E-state index in [1.54, 1.807) is 13.1 Å². The Morgan fingerprint density at radius 3 is 2.93 bits per heavy atom. The Bertz CT molecular complexity index is 291. The smallest absolute Gasteiger partial charge is 0.310 e. The van der Waals surface area contributed by atoms with Crippen LogP contribution in [0.2, 0.25) is 0 Å². The number of carbonyl (C=O) groups excluding carboxylic acids is 2. The minimum Gasteiger partial charge on any atom is -0.466 e. The molecular weight excluding hydrogens is 216 g/mol. The Morgan fingerprint density at radius 2 is 2.40 bits per heavy atom. The predicted molar refractivity (Wildman–Crippen MR) is 57.9 cm³/mol. The fraction of sp³-hybridized carbons (Fsp3) is 0.556. The van der Waals surface area contributed by atoms with Crippen LogP contribution in [0, 0.1) is 0 Å². The zero-order valence-corrected chi connectivity index (χ0v) is 9.52. The molecule has 0 spiro atoms. The topological polar surface area (TPSA) is 67.4 Å². The summed E-state index contributed by atoms with van der Waals surface area (Å²) in [4.78, 5) is 22.6. The second-order valence-electron chi connectivity index (χ2n) is 2.91. The SMILES string of the molecule is CCOC(=O)CC1=CNC(SC)NC1=O. The van der Waals surface area contributed by atoms with E-state index in [-0.39, 0.29) is 23.8 Å². The first-order chi connectivity index (χ1) is 7.17. The molecule has 0 saturated heterocycles. The Balaban J connectivity index is 2.52. The second kappa shape index (κ2) is 5.65. The van der Waals surface area contributed by atoms with Gasteiger partial charge in [0.1, 0.15) is 5.50 Å². The molecule has 0 aromatic carbocycles. The summed E-state index contributed by atoms with van der Waals surface area (Å²) in [6, 6.07) is 0. The molecule has 0 saturated carbocycles. The number of esters is 1. The molecule has 15 heavy (non-hydrogen) atoms. The van der Waals surface area contributed by atoms with Gasteiger partial charge in [-0.05, 0) is 13.2 Å². The van der Waals surface area contributed by atoms with E-state index in [9.17, 15) is 9.59 Å². The van der Waals surface area contributed by atoms with Crippen LogP contribution in [-0.4, -0.2) is 30.2 Å². The highest BCUT2D eigenvalue weighted by Crippen LogP contribution is 2.10. The average Bonchev–Trinajstić information content (AvgIpc) is 2.21. The lowest BCUT2D eigenvalue weighted by atomic mass is 10.2. The van der Waals surface area contributed by atoms with Gasteiger partial charge < -0.3 is 15.4 Å². The highest BCUT2D eigenvalue weighted by Gasteiger charge is 2.21. The zero-order chi connectivity index (χ0) is 11.3. The van der Waals surface area contributed by atoms with Gasteiger partial charge in [-0.15, -0.1) is 11.8 Å². The van der Waals surface area contributed by atoms with Crippen LogP contribution in [-0.2, 0) is 14.3 Å². The highest BCUT2D eigenvalue weighted by molar-refractivity contribution is 7.99. The molecule has 1 rings (SSSR count). The first-order valence-corrected chi connectivity index (χ1v) is 5.90. The van der Waals surface area contributed by atoms with E-state index in [0.29, 0.717) is 12.2 Å². The van der Waals surface area contributed by atoms with Crippen molar-refractivity contribution in [2.75, 3.05) is 12.9 Å². The third kappa shape index (κ3) is 3.47. The number of carbonyl (C=O) groups is 2. The number of thioether (sulfide) groups is 1. The molecule has 1 unspecified atom stereocenters. The maximum atomic E-state index is 11.5. The number of hydrogen-bond donors (Lipinski definition) is 2.